The topological polar surface area (TPSA) is 86.4 Å². The number of piperidine rings is 1. The molecule has 2 aliphatic heterocycles. The minimum atomic E-state index is -0.778. The summed E-state index contributed by atoms with van der Waals surface area (Å²) in [6.45, 7) is 5.18. The second-order valence-electron chi connectivity index (χ2n) is 9.41. The van der Waals surface area contributed by atoms with Gasteiger partial charge in [-0.3, -0.25) is 19.3 Å². The van der Waals surface area contributed by atoms with E-state index in [1.54, 1.807) is 24.3 Å². The van der Waals surface area contributed by atoms with Crippen molar-refractivity contribution in [3.63, 3.8) is 0 Å². The van der Waals surface area contributed by atoms with Crippen LogP contribution in [0, 0.1) is 5.92 Å². The van der Waals surface area contributed by atoms with Crippen LogP contribution in [-0.4, -0.2) is 56.6 Å². The molecule has 1 atom stereocenters. The highest BCUT2D eigenvalue weighted by Crippen LogP contribution is 2.31. The number of carbonyl (C=O) groups is 3. The fourth-order valence-electron chi connectivity index (χ4n) is 5.00. The largest absolute Gasteiger partial charge is 0.342 e. The molecule has 7 nitrogen and oxygen atoms in total. The number of benzene rings is 2. The van der Waals surface area contributed by atoms with Crippen LogP contribution in [0.15, 0.2) is 48.5 Å². The SMILES string of the molecule is CC(C)CC(C(=O)N1CCC(c2nc3ccccc3[nH]2)CC1)N1C(=O)c2ccccc2C1=O. The van der Waals surface area contributed by atoms with Gasteiger partial charge < -0.3 is 9.88 Å². The number of hydrogen-bond acceptors (Lipinski definition) is 4. The Morgan fingerprint density at radius 2 is 1.61 bits per heavy atom. The minimum absolute atomic E-state index is 0.138. The minimum Gasteiger partial charge on any atom is -0.342 e. The van der Waals surface area contributed by atoms with E-state index in [9.17, 15) is 14.4 Å². The van der Waals surface area contributed by atoms with E-state index in [0.717, 1.165) is 29.7 Å². The van der Waals surface area contributed by atoms with Gasteiger partial charge in [0, 0.05) is 19.0 Å². The fourth-order valence-corrected chi connectivity index (χ4v) is 5.00. The third kappa shape index (κ3) is 3.81. The number of nitrogens with zero attached hydrogens (tertiary/aromatic N) is 3. The monoisotopic (exact) mass is 444 g/mol. The molecule has 0 aliphatic carbocycles. The quantitative estimate of drug-likeness (QED) is 0.603. The van der Waals surface area contributed by atoms with E-state index in [1.165, 1.54) is 4.90 Å². The van der Waals surface area contributed by atoms with Gasteiger partial charge >= 0.3 is 0 Å². The summed E-state index contributed by atoms with van der Waals surface area (Å²) in [5.41, 5.74) is 2.74. The number of amides is 3. The van der Waals surface area contributed by atoms with Crippen LogP contribution < -0.4 is 0 Å². The van der Waals surface area contributed by atoms with Gasteiger partial charge in [-0.25, -0.2) is 4.98 Å². The first-order valence-corrected chi connectivity index (χ1v) is 11.6. The summed E-state index contributed by atoms with van der Waals surface area (Å²) in [6.07, 6.45) is 2.04. The van der Waals surface area contributed by atoms with Crippen LogP contribution in [0.2, 0.25) is 0 Å². The zero-order valence-corrected chi connectivity index (χ0v) is 19.0. The molecule has 1 saturated heterocycles. The first-order chi connectivity index (χ1) is 15.9. The molecule has 1 aromatic heterocycles. The van der Waals surface area contributed by atoms with Crippen molar-refractivity contribution in [1.29, 1.82) is 0 Å². The number of likely N-dealkylation sites (tertiary alicyclic amines) is 1. The lowest BCUT2D eigenvalue weighted by molar-refractivity contribution is -0.137. The molecule has 3 aromatic rings. The number of para-hydroxylation sites is 2. The number of rotatable bonds is 5. The number of fused-ring (bicyclic) bond motifs is 2. The second kappa shape index (κ2) is 8.46. The molecule has 0 bridgehead atoms. The molecule has 0 saturated carbocycles. The Morgan fingerprint density at radius 3 is 2.21 bits per heavy atom. The van der Waals surface area contributed by atoms with Crippen LogP contribution in [0.1, 0.15) is 65.6 Å². The predicted molar refractivity (Wildman–Crippen MR) is 125 cm³/mol. The second-order valence-corrected chi connectivity index (χ2v) is 9.41. The molecular weight excluding hydrogens is 416 g/mol. The van der Waals surface area contributed by atoms with E-state index >= 15 is 0 Å². The molecule has 33 heavy (non-hydrogen) atoms. The maximum Gasteiger partial charge on any atom is 0.262 e. The molecule has 3 amide bonds. The Kier molecular flexibility index (Phi) is 5.48. The Bertz CT molecular complexity index is 1160. The molecule has 5 rings (SSSR count). The summed E-state index contributed by atoms with van der Waals surface area (Å²) in [4.78, 5) is 50.9. The molecule has 2 aromatic carbocycles. The van der Waals surface area contributed by atoms with E-state index in [-0.39, 0.29) is 29.6 Å². The van der Waals surface area contributed by atoms with Crippen molar-refractivity contribution in [3.8, 4) is 0 Å². The van der Waals surface area contributed by atoms with E-state index in [1.807, 2.05) is 43.0 Å². The lowest BCUT2D eigenvalue weighted by Gasteiger charge is -2.36. The van der Waals surface area contributed by atoms with Crippen LogP contribution in [0.5, 0.6) is 0 Å². The van der Waals surface area contributed by atoms with Crippen molar-refractivity contribution >= 4 is 28.8 Å². The van der Waals surface area contributed by atoms with Crippen LogP contribution in [0.4, 0.5) is 0 Å². The first kappa shape index (κ1) is 21.4. The molecule has 1 unspecified atom stereocenters. The van der Waals surface area contributed by atoms with Gasteiger partial charge in [-0.1, -0.05) is 38.1 Å². The van der Waals surface area contributed by atoms with Gasteiger partial charge in [0.15, 0.2) is 0 Å². The van der Waals surface area contributed by atoms with Crippen LogP contribution in [0.3, 0.4) is 0 Å². The molecule has 3 heterocycles. The molecule has 0 spiro atoms. The van der Waals surface area contributed by atoms with Crippen molar-refractivity contribution in [3.05, 3.63) is 65.5 Å². The van der Waals surface area contributed by atoms with Gasteiger partial charge in [0.05, 0.1) is 22.2 Å². The van der Waals surface area contributed by atoms with Crippen LogP contribution >= 0.6 is 0 Å². The molecule has 1 fully saturated rings. The van der Waals surface area contributed by atoms with Crippen LogP contribution in [-0.2, 0) is 4.79 Å². The van der Waals surface area contributed by atoms with Crippen molar-refractivity contribution in [2.24, 2.45) is 5.92 Å². The fraction of sp³-hybridized carbons (Fsp3) is 0.385. The van der Waals surface area contributed by atoms with Gasteiger partial charge in [0.1, 0.15) is 11.9 Å². The number of imidazole rings is 1. The molecule has 170 valence electrons. The Labute approximate surface area is 192 Å². The lowest BCUT2D eigenvalue weighted by atomic mass is 9.94. The molecule has 2 aliphatic rings. The average molecular weight is 445 g/mol. The maximum absolute atomic E-state index is 13.6. The normalized spacial score (nSPS) is 17.8. The van der Waals surface area contributed by atoms with Crippen molar-refractivity contribution in [2.45, 2.75) is 45.1 Å². The summed E-state index contributed by atoms with van der Waals surface area (Å²) >= 11 is 0. The number of H-pyrrole nitrogens is 1. The maximum atomic E-state index is 13.6. The highest BCUT2D eigenvalue weighted by atomic mass is 16.2. The van der Waals surface area contributed by atoms with Gasteiger partial charge in [-0.05, 0) is 49.4 Å². The Balaban J connectivity index is 1.32. The van der Waals surface area contributed by atoms with Crippen LogP contribution in [0.25, 0.3) is 11.0 Å². The number of hydrogen-bond donors (Lipinski definition) is 1. The molecular formula is C26H28N4O3. The summed E-state index contributed by atoms with van der Waals surface area (Å²) in [6, 6.07) is 14.0. The van der Waals surface area contributed by atoms with Gasteiger partial charge in [-0.2, -0.15) is 0 Å². The third-order valence-corrected chi connectivity index (χ3v) is 6.72. The van der Waals surface area contributed by atoms with Crippen molar-refractivity contribution < 1.29 is 14.4 Å². The Morgan fingerprint density at radius 1 is 1.00 bits per heavy atom. The predicted octanol–water partition coefficient (Wildman–Crippen LogP) is 3.98. The third-order valence-electron chi connectivity index (χ3n) is 6.72. The standard InChI is InChI=1S/C26H28N4O3/c1-16(2)15-22(30-24(31)18-7-3-4-8-19(18)25(30)32)26(33)29-13-11-17(12-14-29)23-27-20-9-5-6-10-21(20)28-23/h3-10,16-17,22H,11-15H2,1-2H3,(H,27,28). The average Bonchev–Trinajstić information content (AvgIpc) is 3.37. The highest BCUT2D eigenvalue weighted by molar-refractivity contribution is 6.22. The van der Waals surface area contributed by atoms with Crippen molar-refractivity contribution in [1.82, 2.24) is 19.8 Å². The highest BCUT2D eigenvalue weighted by Gasteiger charge is 2.44. The van der Waals surface area contributed by atoms with E-state index in [4.69, 9.17) is 4.98 Å². The zero-order valence-electron chi connectivity index (χ0n) is 19.0. The Hall–Kier alpha value is -3.48. The van der Waals surface area contributed by atoms with E-state index in [2.05, 4.69) is 4.98 Å². The van der Waals surface area contributed by atoms with Gasteiger partial charge in [-0.15, -0.1) is 0 Å². The van der Waals surface area contributed by atoms with Crippen molar-refractivity contribution in [2.75, 3.05) is 13.1 Å². The summed E-state index contributed by atoms with van der Waals surface area (Å²) in [5.74, 6) is 0.503. The number of nitrogens with one attached hydrogen (secondary N) is 1. The number of carbonyl (C=O) groups excluding carboxylic acids is 3. The van der Waals surface area contributed by atoms with E-state index in [0.29, 0.717) is 30.6 Å². The summed E-state index contributed by atoms with van der Waals surface area (Å²) < 4.78 is 0. The number of imide groups is 1. The molecule has 1 N–H and O–H groups in total. The summed E-state index contributed by atoms with van der Waals surface area (Å²) in [7, 11) is 0. The summed E-state index contributed by atoms with van der Waals surface area (Å²) in [5, 5.41) is 0. The zero-order chi connectivity index (χ0) is 23.1. The molecule has 0 radical (unpaired) electrons. The lowest BCUT2D eigenvalue weighted by Crippen LogP contribution is -2.53. The van der Waals surface area contributed by atoms with Gasteiger partial charge in [0.2, 0.25) is 5.91 Å². The van der Waals surface area contributed by atoms with Gasteiger partial charge in [0.25, 0.3) is 11.8 Å². The van der Waals surface area contributed by atoms with E-state index < -0.39 is 6.04 Å². The number of aromatic nitrogens is 2. The first-order valence-electron chi connectivity index (χ1n) is 11.6. The smallest absolute Gasteiger partial charge is 0.262 e. The molecule has 7 heteroatoms. The number of aromatic amines is 1.